The molecule has 17 heavy (non-hydrogen) atoms. The van der Waals surface area contributed by atoms with Gasteiger partial charge in [0.2, 0.25) is 0 Å². The summed E-state index contributed by atoms with van der Waals surface area (Å²) in [5.41, 5.74) is 3.23. The molecule has 0 aliphatic carbocycles. The van der Waals surface area contributed by atoms with Crippen molar-refractivity contribution in [3.63, 3.8) is 0 Å². The molecule has 4 N–H and O–H groups in total. The third kappa shape index (κ3) is 2.95. The molecule has 2 aromatic carbocycles. The number of hydrazine groups is 1. The zero-order chi connectivity index (χ0) is 12.1. The Morgan fingerprint density at radius 2 is 1.88 bits per heavy atom. The monoisotopic (exact) mass is 229 g/mol. The number of hydrogen-bond acceptors (Lipinski definition) is 2. The van der Waals surface area contributed by atoms with E-state index in [1.165, 1.54) is 16.3 Å². The molecule has 0 unspecified atom stereocenters. The lowest BCUT2D eigenvalue weighted by molar-refractivity contribution is 0.241. The third-order valence-corrected chi connectivity index (χ3v) is 2.64. The largest absolute Gasteiger partial charge is 0.337 e. The summed E-state index contributed by atoms with van der Waals surface area (Å²) in [6.45, 7) is 0.571. The summed E-state index contributed by atoms with van der Waals surface area (Å²) in [4.78, 5) is 10.9. The van der Waals surface area contributed by atoms with Crippen molar-refractivity contribution in [1.29, 1.82) is 0 Å². The summed E-state index contributed by atoms with van der Waals surface area (Å²) in [5, 5.41) is 5.10. The van der Waals surface area contributed by atoms with Gasteiger partial charge in [-0.1, -0.05) is 42.5 Å². The van der Waals surface area contributed by atoms with Gasteiger partial charge < -0.3 is 5.32 Å². The van der Waals surface area contributed by atoms with E-state index in [0.29, 0.717) is 6.54 Å². The summed E-state index contributed by atoms with van der Waals surface area (Å²) in [6, 6.07) is 14.2. The van der Waals surface area contributed by atoms with Crippen molar-refractivity contribution in [2.24, 2.45) is 5.84 Å². The standard InChI is InChI=1S/C13H15N3O/c14-16-13(17)15-8-7-10-5-6-11-3-1-2-4-12(11)9-10/h1-6,9H,7-8,14H2,(H2,15,16,17). The van der Waals surface area contributed by atoms with Crippen molar-refractivity contribution >= 4 is 16.8 Å². The fourth-order valence-electron chi connectivity index (χ4n) is 1.77. The predicted molar refractivity (Wildman–Crippen MR) is 68.4 cm³/mol. The molecule has 0 radical (unpaired) electrons. The zero-order valence-corrected chi connectivity index (χ0v) is 9.44. The molecule has 2 rings (SSSR count). The molecule has 0 aliphatic rings. The second-order valence-corrected chi connectivity index (χ2v) is 3.83. The number of urea groups is 1. The average Bonchev–Trinajstić information content (AvgIpc) is 2.38. The van der Waals surface area contributed by atoms with Crippen LogP contribution in [0.25, 0.3) is 10.8 Å². The second-order valence-electron chi connectivity index (χ2n) is 3.83. The Kier molecular flexibility index (Phi) is 3.57. The van der Waals surface area contributed by atoms with Gasteiger partial charge in [0, 0.05) is 6.54 Å². The van der Waals surface area contributed by atoms with E-state index in [0.717, 1.165) is 6.42 Å². The van der Waals surface area contributed by atoms with Gasteiger partial charge in [-0.3, -0.25) is 5.43 Å². The normalized spacial score (nSPS) is 10.2. The van der Waals surface area contributed by atoms with E-state index in [4.69, 9.17) is 5.84 Å². The van der Waals surface area contributed by atoms with Gasteiger partial charge in [0.1, 0.15) is 0 Å². The highest BCUT2D eigenvalue weighted by molar-refractivity contribution is 5.83. The van der Waals surface area contributed by atoms with Gasteiger partial charge in [0.25, 0.3) is 0 Å². The lowest BCUT2D eigenvalue weighted by Gasteiger charge is -2.05. The molecule has 2 aromatic rings. The van der Waals surface area contributed by atoms with Crippen LogP contribution < -0.4 is 16.6 Å². The van der Waals surface area contributed by atoms with E-state index < -0.39 is 0 Å². The Morgan fingerprint density at radius 3 is 2.65 bits per heavy atom. The summed E-state index contributed by atoms with van der Waals surface area (Å²) in [5.74, 6) is 4.96. The van der Waals surface area contributed by atoms with Crippen molar-refractivity contribution in [3.8, 4) is 0 Å². The van der Waals surface area contributed by atoms with Crippen molar-refractivity contribution in [2.45, 2.75) is 6.42 Å². The Morgan fingerprint density at radius 1 is 1.12 bits per heavy atom. The number of carbonyl (C=O) groups is 1. The van der Waals surface area contributed by atoms with Gasteiger partial charge in [-0.2, -0.15) is 0 Å². The number of amides is 2. The number of hydrogen-bond donors (Lipinski definition) is 3. The van der Waals surface area contributed by atoms with Crippen LogP contribution in [-0.2, 0) is 6.42 Å². The number of nitrogens with two attached hydrogens (primary N) is 1. The van der Waals surface area contributed by atoms with Crippen LogP contribution in [0.1, 0.15) is 5.56 Å². The van der Waals surface area contributed by atoms with Crippen LogP contribution in [0, 0.1) is 0 Å². The van der Waals surface area contributed by atoms with Crippen LogP contribution in [-0.4, -0.2) is 12.6 Å². The SMILES string of the molecule is NNC(=O)NCCc1ccc2ccccc2c1. The minimum absolute atomic E-state index is 0.356. The van der Waals surface area contributed by atoms with E-state index in [9.17, 15) is 4.79 Å². The molecule has 0 saturated heterocycles. The van der Waals surface area contributed by atoms with Crippen molar-refractivity contribution in [3.05, 3.63) is 48.0 Å². The van der Waals surface area contributed by atoms with Gasteiger partial charge in [0.05, 0.1) is 0 Å². The van der Waals surface area contributed by atoms with Crippen LogP contribution in [0.15, 0.2) is 42.5 Å². The van der Waals surface area contributed by atoms with Crippen LogP contribution in [0.3, 0.4) is 0 Å². The van der Waals surface area contributed by atoms with Crippen LogP contribution >= 0.6 is 0 Å². The Bertz CT molecular complexity index is 525. The first kappa shape index (κ1) is 11.4. The molecule has 4 nitrogen and oxygen atoms in total. The predicted octanol–water partition coefficient (Wildman–Crippen LogP) is 1.56. The lowest BCUT2D eigenvalue weighted by atomic mass is 10.1. The summed E-state index contributed by atoms with van der Waals surface area (Å²) in [6.07, 6.45) is 0.790. The maximum Gasteiger partial charge on any atom is 0.328 e. The number of benzene rings is 2. The molecular formula is C13H15N3O. The lowest BCUT2D eigenvalue weighted by Crippen LogP contribution is -2.40. The molecule has 0 fully saturated rings. The van der Waals surface area contributed by atoms with Crippen molar-refractivity contribution in [2.75, 3.05) is 6.54 Å². The van der Waals surface area contributed by atoms with E-state index in [1.54, 1.807) is 0 Å². The Labute approximate surface area is 99.8 Å². The van der Waals surface area contributed by atoms with Crippen LogP contribution in [0.2, 0.25) is 0 Å². The first-order chi connectivity index (χ1) is 8.29. The summed E-state index contributed by atoms with van der Waals surface area (Å²) >= 11 is 0. The fraction of sp³-hybridized carbons (Fsp3) is 0.154. The fourth-order valence-corrected chi connectivity index (χ4v) is 1.77. The second kappa shape index (κ2) is 5.32. The van der Waals surface area contributed by atoms with Gasteiger partial charge in [-0.25, -0.2) is 10.6 Å². The highest BCUT2D eigenvalue weighted by atomic mass is 16.2. The van der Waals surface area contributed by atoms with Crippen molar-refractivity contribution < 1.29 is 4.79 Å². The van der Waals surface area contributed by atoms with Gasteiger partial charge in [0.15, 0.2) is 0 Å². The van der Waals surface area contributed by atoms with Gasteiger partial charge >= 0.3 is 6.03 Å². The summed E-state index contributed by atoms with van der Waals surface area (Å²) in [7, 11) is 0. The van der Waals surface area contributed by atoms with Gasteiger partial charge in [-0.05, 0) is 22.8 Å². The summed E-state index contributed by atoms with van der Waals surface area (Å²) < 4.78 is 0. The smallest absolute Gasteiger partial charge is 0.328 e. The topological polar surface area (TPSA) is 67.1 Å². The maximum absolute atomic E-state index is 10.9. The van der Waals surface area contributed by atoms with Crippen molar-refractivity contribution in [1.82, 2.24) is 10.7 Å². The van der Waals surface area contributed by atoms with E-state index >= 15 is 0 Å². The third-order valence-electron chi connectivity index (χ3n) is 2.64. The van der Waals surface area contributed by atoms with Crippen LogP contribution in [0.4, 0.5) is 4.79 Å². The molecule has 4 heteroatoms. The van der Waals surface area contributed by atoms with E-state index in [-0.39, 0.29) is 6.03 Å². The number of fused-ring (bicyclic) bond motifs is 1. The molecule has 88 valence electrons. The molecular weight excluding hydrogens is 214 g/mol. The highest BCUT2D eigenvalue weighted by Crippen LogP contribution is 2.15. The Hall–Kier alpha value is -2.07. The highest BCUT2D eigenvalue weighted by Gasteiger charge is 1.98. The molecule has 0 bridgehead atoms. The molecule has 0 aliphatic heterocycles. The number of nitrogens with one attached hydrogen (secondary N) is 2. The molecule has 0 aromatic heterocycles. The molecule has 2 amide bonds. The van der Waals surface area contributed by atoms with E-state index in [2.05, 4.69) is 35.6 Å². The first-order valence-electron chi connectivity index (χ1n) is 5.52. The minimum atomic E-state index is -0.356. The maximum atomic E-state index is 10.9. The number of rotatable bonds is 3. The van der Waals surface area contributed by atoms with E-state index in [1.807, 2.05) is 17.6 Å². The molecule has 0 saturated carbocycles. The molecule has 0 atom stereocenters. The average molecular weight is 229 g/mol. The number of carbonyl (C=O) groups excluding carboxylic acids is 1. The van der Waals surface area contributed by atoms with Crippen LogP contribution in [0.5, 0.6) is 0 Å². The molecule has 0 heterocycles. The first-order valence-corrected chi connectivity index (χ1v) is 5.52. The Balaban J connectivity index is 2.02. The molecule has 0 spiro atoms. The minimum Gasteiger partial charge on any atom is -0.337 e. The van der Waals surface area contributed by atoms with Gasteiger partial charge in [-0.15, -0.1) is 0 Å². The zero-order valence-electron chi connectivity index (χ0n) is 9.44. The quantitative estimate of drug-likeness (QED) is 0.425.